The molecular weight excluding hydrogens is 186 g/mol. The molecule has 0 aliphatic carbocycles. The molecule has 1 heterocycles. The zero-order valence-electron chi connectivity index (χ0n) is 8.26. The summed E-state index contributed by atoms with van der Waals surface area (Å²) in [6.07, 6.45) is 7.33. The van der Waals surface area contributed by atoms with Gasteiger partial charge in [0.1, 0.15) is 6.10 Å². The Balaban J connectivity index is 2.03. The Morgan fingerprint density at radius 1 is 1.46 bits per heavy atom. The number of hydrogen-bond acceptors (Lipinski definition) is 2. The van der Waals surface area contributed by atoms with Gasteiger partial charge in [-0.1, -0.05) is 31.3 Å². The van der Waals surface area contributed by atoms with Gasteiger partial charge in [0.05, 0.1) is 11.6 Å². The average molecular weight is 204 g/mol. The highest BCUT2D eigenvalue weighted by molar-refractivity contribution is 6.18. The van der Waals surface area contributed by atoms with E-state index in [0.717, 1.165) is 12.8 Å². The average Bonchev–Trinajstić information content (AvgIpc) is 2.60. The fourth-order valence-electron chi connectivity index (χ4n) is 1.47. The molecule has 0 spiro atoms. The van der Waals surface area contributed by atoms with E-state index in [1.807, 2.05) is 0 Å². The molecule has 0 N–H and O–H groups in total. The largest absolute Gasteiger partial charge is 0.391 e. The van der Waals surface area contributed by atoms with Gasteiger partial charge in [-0.05, 0) is 12.8 Å². The van der Waals surface area contributed by atoms with Crippen LogP contribution >= 0.6 is 11.6 Å². The van der Waals surface area contributed by atoms with Gasteiger partial charge in [-0.2, -0.15) is 0 Å². The van der Waals surface area contributed by atoms with Crippen LogP contribution in [0.4, 0.5) is 0 Å². The van der Waals surface area contributed by atoms with Crippen LogP contribution in [0.3, 0.4) is 0 Å². The Hall–Kier alpha value is -0.240. The van der Waals surface area contributed by atoms with E-state index >= 15 is 0 Å². The Bertz CT molecular complexity index is 170. The molecule has 0 bridgehead atoms. The molecule has 0 aromatic heterocycles. The molecule has 0 aromatic rings. The summed E-state index contributed by atoms with van der Waals surface area (Å²) in [5, 5.41) is 4.02. The van der Waals surface area contributed by atoms with Gasteiger partial charge in [0, 0.05) is 6.42 Å². The smallest absolute Gasteiger partial charge is 0.146 e. The van der Waals surface area contributed by atoms with Crippen LogP contribution in [0.5, 0.6) is 0 Å². The lowest BCUT2D eigenvalue weighted by molar-refractivity contribution is 0.102. The molecule has 1 atom stereocenters. The second-order valence-electron chi connectivity index (χ2n) is 3.55. The molecule has 13 heavy (non-hydrogen) atoms. The third-order valence-electron chi connectivity index (χ3n) is 2.29. The number of halogens is 1. The van der Waals surface area contributed by atoms with Crippen LogP contribution < -0.4 is 0 Å². The van der Waals surface area contributed by atoms with Crippen molar-refractivity contribution in [3.05, 3.63) is 0 Å². The zero-order chi connectivity index (χ0) is 9.52. The number of unbranched alkanes of at least 4 members (excludes halogenated alkanes) is 3. The van der Waals surface area contributed by atoms with Gasteiger partial charge in [-0.15, -0.1) is 11.6 Å². The van der Waals surface area contributed by atoms with Gasteiger partial charge in [-0.3, -0.25) is 0 Å². The highest BCUT2D eigenvalue weighted by atomic mass is 35.5. The van der Waals surface area contributed by atoms with Crippen LogP contribution in [0.1, 0.15) is 45.4 Å². The first-order chi connectivity index (χ1) is 6.36. The van der Waals surface area contributed by atoms with Crippen molar-refractivity contribution in [3.8, 4) is 0 Å². The van der Waals surface area contributed by atoms with Gasteiger partial charge in [0.15, 0.2) is 0 Å². The van der Waals surface area contributed by atoms with E-state index in [1.165, 1.54) is 31.4 Å². The van der Waals surface area contributed by atoms with Crippen molar-refractivity contribution >= 4 is 17.3 Å². The van der Waals surface area contributed by atoms with E-state index in [-0.39, 0.29) is 6.10 Å². The standard InChI is InChI=1S/C10H18ClNO/c1-2-3-4-5-6-9-7-10(8-11)13-12-9/h10H,2-8H2,1H3. The SMILES string of the molecule is CCCCCCC1=NOC(CCl)C1. The zero-order valence-corrected chi connectivity index (χ0v) is 9.02. The molecule has 0 fully saturated rings. The molecule has 76 valence electrons. The number of alkyl halides is 1. The Morgan fingerprint density at radius 3 is 2.92 bits per heavy atom. The summed E-state index contributed by atoms with van der Waals surface area (Å²) >= 11 is 5.66. The predicted octanol–water partition coefficient (Wildman–Crippen LogP) is 3.34. The van der Waals surface area contributed by atoms with Crippen LogP contribution in [0.2, 0.25) is 0 Å². The first kappa shape index (κ1) is 10.8. The van der Waals surface area contributed by atoms with E-state index in [1.54, 1.807) is 0 Å². The first-order valence-electron chi connectivity index (χ1n) is 5.14. The Labute approximate surface area is 85.3 Å². The molecule has 1 unspecified atom stereocenters. The summed E-state index contributed by atoms with van der Waals surface area (Å²) in [5.41, 5.74) is 1.20. The molecule has 1 rings (SSSR count). The molecule has 0 radical (unpaired) electrons. The highest BCUT2D eigenvalue weighted by Crippen LogP contribution is 2.16. The lowest BCUT2D eigenvalue weighted by atomic mass is 10.1. The fraction of sp³-hybridized carbons (Fsp3) is 0.900. The number of nitrogens with zero attached hydrogens (tertiary/aromatic N) is 1. The van der Waals surface area contributed by atoms with E-state index < -0.39 is 0 Å². The van der Waals surface area contributed by atoms with Gasteiger partial charge in [0.2, 0.25) is 0 Å². The summed E-state index contributed by atoms with van der Waals surface area (Å²) in [6, 6.07) is 0. The monoisotopic (exact) mass is 203 g/mol. The van der Waals surface area contributed by atoms with Crippen LogP contribution in [-0.4, -0.2) is 17.7 Å². The van der Waals surface area contributed by atoms with Crippen molar-refractivity contribution in [2.45, 2.75) is 51.6 Å². The maximum atomic E-state index is 5.66. The number of oxime groups is 1. The van der Waals surface area contributed by atoms with Gasteiger partial charge < -0.3 is 4.84 Å². The summed E-state index contributed by atoms with van der Waals surface area (Å²) in [7, 11) is 0. The van der Waals surface area contributed by atoms with Crippen molar-refractivity contribution in [1.82, 2.24) is 0 Å². The van der Waals surface area contributed by atoms with Crippen molar-refractivity contribution < 1.29 is 4.84 Å². The van der Waals surface area contributed by atoms with Gasteiger partial charge in [-0.25, -0.2) is 0 Å². The lowest BCUT2D eigenvalue weighted by Crippen LogP contribution is -2.08. The lowest BCUT2D eigenvalue weighted by Gasteiger charge is -2.00. The maximum Gasteiger partial charge on any atom is 0.146 e. The van der Waals surface area contributed by atoms with E-state index in [9.17, 15) is 0 Å². The minimum atomic E-state index is 0.142. The quantitative estimate of drug-likeness (QED) is 0.479. The predicted molar refractivity (Wildman–Crippen MR) is 56.4 cm³/mol. The van der Waals surface area contributed by atoms with Crippen LogP contribution in [0, 0.1) is 0 Å². The number of rotatable bonds is 6. The van der Waals surface area contributed by atoms with E-state index in [4.69, 9.17) is 16.4 Å². The molecular formula is C10H18ClNO. The third kappa shape index (κ3) is 3.99. The topological polar surface area (TPSA) is 21.6 Å². The normalized spacial score (nSPS) is 21.4. The minimum absolute atomic E-state index is 0.142. The van der Waals surface area contributed by atoms with Crippen molar-refractivity contribution in [2.24, 2.45) is 5.16 Å². The molecule has 3 heteroatoms. The van der Waals surface area contributed by atoms with Crippen LogP contribution in [0.25, 0.3) is 0 Å². The molecule has 0 amide bonds. The Kier molecular flexibility index (Phi) is 5.21. The van der Waals surface area contributed by atoms with Crippen molar-refractivity contribution in [3.63, 3.8) is 0 Å². The summed E-state index contributed by atoms with van der Waals surface area (Å²) < 4.78 is 0. The summed E-state index contributed by atoms with van der Waals surface area (Å²) in [5.74, 6) is 0.558. The second kappa shape index (κ2) is 6.25. The molecule has 0 saturated carbocycles. The maximum absolute atomic E-state index is 5.66. The van der Waals surface area contributed by atoms with Crippen molar-refractivity contribution in [2.75, 3.05) is 5.88 Å². The van der Waals surface area contributed by atoms with Crippen LogP contribution in [0.15, 0.2) is 5.16 Å². The number of hydrogen-bond donors (Lipinski definition) is 0. The first-order valence-corrected chi connectivity index (χ1v) is 5.67. The fourth-order valence-corrected chi connectivity index (χ4v) is 1.64. The second-order valence-corrected chi connectivity index (χ2v) is 3.86. The third-order valence-corrected chi connectivity index (χ3v) is 2.63. The highest BCUT2D eigenvalue weighted by Gasteiger charge is 2.18. The summed E-state index contributed by atoms with van der Waals surface area (Å²) in [4.78, 5) is 5.13. The van der Waals surface area contributed by atoms with E-state index in [0.29, 0.717) is 5.88 Å². The summed E-state index contributed by atoms with van der Waals surface area (Å²) in [6.45, 7) is 2.22. The molecule has 0 saturated heterocycles. The van der Waals surface area contributed by atoms with Gasteiger partial charge in [0.25, 0.3) is 0 Å². The van der Waals surface area contributed by atoms with E-state index in [2.05, 4.69) is 12.1 Å². The molecule has 2 nitrogen and oxygen atoms in total. The Morgan fingerprint density at radius 2 is 2.31 bits per heavy atom. The molecule has 0 aromatic carbocycles. The minimum Gasteiger partial charge on any atom is -0.391 e. The van der Waals surface area contributed by atoms with Crippen molar-refractivity contribution in [1.29, 1.82) is 0 Å². The van der Waals surface area contributed by atoms with Gasteiger partial charge >= 0.3 is 0 Å². The molecule has 1 aliphatic heterocycles. The molecule has 1 aliphatic rings. The van der Waals surface area contributed by atoms with Crippen LogP contribution in [-0.2, 0) is 4.84 Å².